The Kier molecular flexibility index (Phi) is 45.0. The van der Waals surface area contributed by atoms with Crippen LogP contribution in [0.3, 0.4) is 0 Å². The van der Waals surface area contributed by atoms with Crippen molar-refractivity contribution in [2.75, 3.05) is 13.2 Å². The van der Waals surface area contributed by atoms with Gasteiger partial charge in [-0.1, -0.05) is 196 Å². The first-order valence-corrected chi connectivity index (χ1v) is 24.4. The quantitative estimate of drug-likeness (QED) is 0.0264. The third kappa shape index (κ3) is 45.8. The summed E-state index contributed by atoms with van der Waals surface area (Å²) in [6, 6.07) is 0. The van der Waals surface area contributed by atoms with Gasteiger partial charge in [0.2, 0.25) is 0 Å². The Hall–Kier alpha value is -3.15. The van der Waals surface area contributed by atoms with E-state index in [1.165, 1.54) is 64.2 Å². The molecular weight excluding hydrogens is 733 g/mol. The molecule has 0 bridgehead atoms. The van der Waals surface area contributed by atoms with Crippen LogP contribution in [0.5, 0.6) is 0 Å². The molecule has 6 heteroatoms. The average Bonchev–Trinajstić information content (AvgIpc) is 3.23. The van der Waals surface area contributed by atoms with Crippen molar-refractivity contribution in [1.82, 2.24) is 0 Å². The largest absolute Gasteiger partial charge is 0.462 e. The summed E-state index contributed by atoms with van der Waals surface area (Å²) in [6.45, 7) is 6.35. The minimum Gasteiger partial charge on any atom is -0.462 e. The fourth-order valence-corrected chi connectivity index (χ4v) is 6.53. The summed E-state index contributed by atoms with van der Waals surface area (Å²) in [4.78, 5) is 37.6. The summed E-state index contributed by atoms with van der Waals surface area (Å²) in [5.41, 5.74) is 0. The van der Waals surface area contributed by atoms with Crippen LogP contribution in [0.1, 0.15) is 226 Å². The number of esters is 3. The highest BCUT2D eigenvalue weighted by atomic mass is 16.6. The second-order valence-electron chi connectivity index (χ2n) is 16.0. The third-order valence-electron chi connectivity index (χ3n) is 10.2. The summed E-state index contributed by atoms with van der Waals surface area (Å²) >= 11 is 0. The van der Waals surface area contributed by atoms with E-state index < -0.39 is 6.10 Å². The van der Waals surface area contributed by atoms with Crippen molar-refractivity contribution < 1.29 is 28.6 Å². The first-order valence-electron chi connectivity index (χ1n) is 24.4. The van der Waals surface area contributed by atoms with Crippen molar-refractivity contribution >= 4 is 17.9 Å². The molecule has 0 amide bonds. The van der Waals surface area contributed by atoms with Gasteiger partial charge in [-0.25, -0.2) is 0 Å². The fourth-order valence-electron chi connectivity index (χ4n) is 6.53. The highest BCUT2D eigenvalue weighted by Crippen LogP contribution is 2.14. The van der Waals surface area contributed by atoms with Gasteiger partial charge < -0.3 is 14.2 Å². The van der Waals surface area contributed by atoms with Crippen LogP contribution in [0.15, 0.2) is 72.9 Å². The van der Waals surface area contributed by atoms with Crippen LogP contribution in [0.4, 0.5) is 0 Å². The molecule has 0 aromatic carbocycles. The summed E-state index contributed by atoms with van der Waals surface area (Å²) < 4.78 is 16.6. The molecular formula is C53H90O6. The van der Waals surface area contributed by atoms with Gasteiger partial charge in [-0.05, 0) is 83.5 Å². The molecule has 0 aliphatic rings. The molecule has 1 atom stereocenters. The van der Waals surface area contributed by atoms with Gasteiger partial charge in [-0.3, -0.25) is 14.4 Å². The Morgan fingerprint density at radius 3 is 1.10 bits per heavy atom. The minimum absolute atomic E-state index is 0.0833. The van der Waals surface area contributed by atoms with Crippen molar-refractivity contribution in [3.05, 3.63) is 72.9 Å². The topological polar surface area (TPSA) is 78.9 Å². The standard InChI is InChI=1S/C53H90O6/c1-4-7-10-13-15-17-19-21-22-23-24-25-26-27-28-29-30-32-33-35-37-40-43-46-52(55)58-49-50(48-57-51(54)45-42-39-12-9-6-3)59-53(56)47-44-41-38-36-34-31-20-18-16-14-11-8-5-2/h7,10-11,14-15,17-18,20-22,24-25,50H,4-6,8-9,12-13,16,19,23,26-49H2,1-3H3/b10-7-,14-11-,17-15-,20-18-,22-21-,25-24-. The molecule has 0 fully saturated rings. The normalized spacial score (nSPS) is 12.7. The van der Waals surface area contributed by atoms with Gasteiger partial charge in [-0.2, -0.15) is 0 Å². The highest BCUT2D eigenvalue weighted by Gasteiger charge is 2.19. The Morgan fingerprint density at radius 2 is 0.695 bits per heavy atom. The molecule has 59 heavy (non-hydrogen) atoms. The molecule has 0 aliphatic carbocycles. The fraction of sp³-hybridized carbons (Fsp3) is 0.717. The number of hydrogen-bond acceptors (Lipinski definition) is 6. The van der Waals surface area contributed by atoms with Gasteiger partial charge in [0.25, 0.3) is 0 Å². The number of unbranched alkanes of at least 4 members (excludes halogenated alkanes) is 20. The zero-order chi connectivity index (χ0) is 43.0. The SMILES string of the molecule is CC/C=C\C/C=C\C/C=C\C/C=C\CCCCCCCCCCCCC(=O)OCC(COC(=O)CCCCCCC)OC(=O)CCCCCCC/C=C\C/C=C\CCC. The van der Waals surface area contributed by atoms with Gasteiger partial charge in [0, 0.05) is 19.3 Å². The summed E-state index contributed by atoms with van der Waals surface area (Å²) in [7, 11) is 0. The molecule has 0 aromatic heterocycles. The van der Waals surface area contributed by atoms with Gasteiger partial charge in [0.05, 0.1) is 0 Å². The number of allylic oxidation sites excluding steroid dienone is 12. The maximum absolute atomic E-state index is 12.7. The van der Waals surface area contributed by atoms with Crippen LogP contribution < -0.4 is 0 Å². The van der Waals surface area contributed by atoms with E-state index in [0.29, 0.717) is 19.3 Å². The van der Waals surface area contributed by atoms with E-state index in [1.807, 2.05) is 0 Å². The van der Waals surface area contributed by atoms with Crippen LogP contribution >= 0.6 is 0 Å². The first kappa shape index (κ1) is 55.9. The lowest BCUT2D eigenvalue weighted by atomic mass is 10.1. The van der Waals surface area contributed by atoms with Crippen molar-refractivity contribution in [2.45, 2.75) is 232 Å². The lowest BCUT2D eigenvalue weighted by Gasteiger charge is -2.18. The average molecular weight is 823 g/mol. The highest BCUT2D eigenvalue weighted by molar-refractivity contribution is 5.71. The van der Waals surface area contributed by atoms with Crippen LogP contribution in [0.2, 0.25) is 0 Å². The summed E-state index contributed by atoms with van der Waals surface area (Å²) in [5.74, 6) is -0.918. The van der Waals surface area contributed by atoms with E-state index in [4.69, 9.17) is 14.2 Å². The van der Waals surface area contributed by atoms with Crippen LogP contribution in [0.25, 0.3) is 0 Å². The van der Waals surface area contributed by atoms with Crippen LogP contribution in [-0.2, 0) is 28.6 Å². The predicted octanol–water partition coefficient (Wildman–Crippen LogP) is 15.9. The molecule has 0 heterocycles. The smallest absolute Gasteiger partial charge is 0.306 e. The van der Waals surface area contributed by atoms with Gasteiger partial charge in [0.15, 0.2) is 6.10 Å². The van der Waals surface area contributed by atoms with Crippen LogP contribution in [-0.4, -0.2) is 37.2 Å². The maximum atomic E-state index is 12.7. The third-order valence-corrected chi connectivity index (χ3v) is 10.2. The molecule has 6 nitrogen and oxygen atoms in total. The van der Waals surface area contributed by atoms with E-state index in [-0.39, 0.29) is 31.1 Å². The second-order valence-corrected chi connectivity index (χ2v) is 16.0. The molecule has 0 saturated carbocycles. The molecule has 0 radical (unpaired) electrons. The molecule has 0 aliphatic heterocycles. The van der Waals surface area contributed by atoms with Crippen molar-refractivity contribution in [3.63, 3.8) is 0 Å². The predicted molar refractivity (Wildman–Crippen MR) is 251 cm³/mol. The van der Waals surface area contributed by atoms with Crippen molar-refractivity contribution in [2.24, 2.45) is 0 Å². The zero-order valence-electron chi connectivity index (χ0n) is 38.5. The maximum Gasteiger partial charge on any atom is 0.306 e. The molecule has 0 aromatic rings. The molecule has 0 rings (SSSR count). The number of carbonyl (C=O) groups excluding carboxylic acids is 3. The number of hydrogen-bond donors (Lipinski definition) is 0. The number of ether oxygens (including phenoxy) is 3. The van der Waals surface area contributed by atoms with E-state index in [9.17, 15) is 14.4 Å². The number of carbonyl (C=O) groups is 3. The van der Waals surface area contributed by atoms with Crippen molar-refractivity contribution in [3.8, 4) is 0 Å². The second kappa shape index (κ2) is 47.5. The Morgan fingerprint density at radius 1 is 0.356 bits per heavy atom. The molecule has 338 valence electrons. The Balaban J connectivity index is 4.14. The molecule has 0 saturated heterocycles. The van der Waals surface area contributed by atoms with E-state index in [0.717, 1.165) is 122 Å². The zero-order valence-corrected chi connectivity index (χ0v) is 38.5. The van der Waals surface area contributed by atoms with Crippen LogP contribution in [0, 0.1) is 0 Å². The van der Waals surface area contributed by atoms with Gasteiger partial charge in [0.1, 0.15) is 13.2 Å². The van der Waals surface area contributed by atoms with E-state index in [1.54, 1.807) is 0 Å². The summed E-state index contributed by atoms with van der Waals surface area (Å²) in [6.07, 6.45) is 59.2. The van der Waals surface area contributed by atoms with E-state index in [2.05, 4.69) is 93.7 Å². The lowest BCUT2D eigenvalue weighted by Crippen LogP contribution is -2.30. The van der Waals surface area contributed by atoms with Crippen molar-refractivity contribution in [1.29, 1.82) is 0 Å². The first-order chi connectivity index (χ1) is 29.0. The lowest BCUT2D eigenvalue weighted by molar-refractivity contribution is -0.167. The summed E-state index contributed by atoms with van der Waals surface area (Å²) in [5, 5.41) is 0. The molecule has 0 spiro atoms. The Labute approximate surface area is 363 Å². The monoisotopic (exact) mass is 823 g/mol. The van der Waals surface area contributed by atoms with Gasteiger partial charge >= 0.3 is 17.9 Å². The molecule has 1 unspecified atom stereocenters. The minimum atomic E-state index is -0.779. The Bertz CT molecular complexity index is 1130. The number of rotatable bonds is 43. The van der Waals surface area contributed by atoms with E-state index >= 15 is 0 Å². The van der Waals surface area contributed by atoms with Gasteiger partial charge in [-0.15, -0.1) is 0 Å². The molecule has 0 N–H and O–H groups in total.